The van der Waals surface area contributed by atoms with Crippen molar-refractivity contribution in [2.45, 2.75) is 24.8 Å². The number of amides is 1. The Morgan fingerprint density at radius 1 is 1.23 bits per heavy atom. The molecule has 1 aromatic heterocycles. The summed E-state index contributed by atoms with van der Waals surface area (Å²) < 4.78 is 29.6. The smallest absolute Gasteiger partial charge is 0.238 e. The van der Waals surface area contributed by atoms with Gasteiger partial charge in [0.05, 0.1) is 6.26 Å². The Morgan fingerprint density at radius 3 is 2.64 bits per heavy atom. The van der Waals surface area contributed by atoms with Gasteiger partial charge in [-0.15, -0.1) is 0 Å². The Balaban J connectivity index is 1.75. The largest absolute Gasteiger partial charge is 0.468 e. The molecule has 0 radical (unpaired) electrons. The van der Waals surface area contributed by atoms with Crippen LogP contribution in [0.3, 0.4) is 0 Å². The number of furan rings is 1. The molecular weight excluding hydrogens is 302 g/mol. The van der Waals surface area contributed by atoms with E-state index in [1.54, 1.807) is 11.8 Å². The van der Waals surface area contributed by atoms with Gasteiger partial charge in [0.25, 0.3) is 0 Å². The van der Waals surface area contributed by atoms with E-state index in [0.717, 1.165) is 12.0 Å². The molecule has 22 heavy (non-hydrogen) atoms. The molecular formula is C16H17NO4S. The standard InChI is InChI=1S/C16H17NO4S/c1-12-15(7-9-21-12)22(19,20)11-16(18)17-8-6-13-4-2-3-5-14(13)10-17/h2-5,7,9H,6,8,10-11H2,1H3. The molecule has 0 saturated heterocycles. The van der Waals surface area contributed by atoms with Crippen LogP contribution in [-0.2, 0) is 27.6 Å². The fourth-order valence-electron chi connectivity index (χ4n) is 2.74. The Hall–Kier alpha value is -2.08. The first-order chi connectivity index (χ1) is 10.5. The van der Waals surface area contributed by atoms with E-state index in [0.29, 0.717) is 18.8 Å². The van der Waals surface area contributed by atoms with Crippen molar-refractivity contribution >= 4 is 15.7 Å². The van der Waals surface area contributed by atoms with E-state index < -0.39 is 15.6 Å². The average molecular weight is 319 g/mol. The summed E-state index contributed by atoms with van der Waals surface area (Å²) >= 11 is 0. The van der Waals surface area contributed by atoms with Crippen molar-refractivity contribution in [3.8, 4) is 0 Å². The van der Waals surface area contributed by atoms with Gasteiger partial charge in [0.2, 0.25) is 5.91 Å². The van der Waals surface area contributed by atoms with Crippen LogP contribution < -0.4 is 0 Å². The van der Waals surface area contributed by atoms with Crippen LogP contribution in [0.1, 0.15) is 16.9 Å². The molecule has 1 amide bonds. The van der Waals surface area contributed by atoms with E-state index in [9.17, 15) is 13.2 Å². The summed E-state index contributed by atoms with van der Waals surface area (Å²) in [5, 5.41) is 0. The van der Waals surface area contributed by atoms with E-state index in [2.05, 4.69) is 0 Å². The van der Waals surface area contributed by atoms with Crippen molar-refractivity contribution in [3.63, 3.8) is 0 Å². The quantitative estimate of drug-likeness (QED) is 0.867. The molecule has 0 atom stereocenters. The number of nitrogens with zero attached hydrogens (tertiary/aromatic N) is 1. The third-order valence-electron chi connectivity index (χ3n) is 3.94. The van der Waals surface area contributed by atoms with Crippen molar-refractivity contribution in [2.75, 3.05) is 12.3 Å². The van der Waals surface area contributed by atoms with Crippen LogP contribution in [0.15, 0.2) is 45.9 Å². The first-order valence-electron chi connectivity index (χ1n) is 7.09. The van der Waals surface area contributed by atoms with E-state index in [4.69, 9.17) is 4.42 Å². The van der Waals surface area contributed by atoms with Gasteiger partial charge in [0.1, 0.15) is 16.4 Å². The molecule has 0 unspecified atom stereocenters. The van der Waals surface area contributed by atoms with E-state index in [-0.39, 0.29) is 10.8 Å². The maximum atomic E-state index is 12.3. The van der Waals surface area contributed by atoms with E-state index in [1.807, 2.05) is 24.3 Å². The lowest BCUT2D eigenvalue weighted by atomic mass is 10.00. The molecule has 2 aromatic rings. The molecule has 1 aliphatic heterocycles. The average Bonchev–Trinajstić information content (AvgIpc) is 2.93. The molecule has 0 spiro atoms. The lowest BCUT2D eigenvalue weighted by Crippen LogP contribution is -2.39. The number of carbonyl (C=O) groups excluding carboxylic acids is 1. The van der Waals surface area contributed by atoms with Gasteiger partial charge in [-0.2, -0.15) is 0 Å². The zero-order chi connectivity index (χ0) is 15.7. The van der Waals surface area contributed by atoms with Crippen LogP contribution in [0.4, 0.5) is 0 Å². The Labute approximate surface area is 129 Å². The number of fused-ring (bicyclic) bond motifs is 1. The molecule has 3 rings (SSSR count). The summed E-state index contributed by atoms with van der Waals surface area (Å²) in [5.74, 6) is -0.567. The second-order valence-electron chi connectivity index (χ2n) is 5.43. The summed E-state index contributed by atoms with van der Waals surface area (Å²) in [6.45, 7) is 2.60. The molecule has 5 nitrogen and oxygen atoms in total. The number of hydrogen-bond acceptors (Lipinski definition) is 4. The van der Waals surface area contributed by atoms with Gasteiger partial charge in [-0.05, 0) is 30.5 Å². The highest BCUT2D eigenvalue weighted by Gasteiger charge is 2.27. The monoisotopic (exact) mass is 319 g/mol. The zero-order valence-electron chi connectivity index (χ0n) is 12.3. The Kier molecular flexibility index (Phi) is 3.78. The number of sulfone groups is 1. The van der Waals surface area contributed by atoms with Gasteiger partial charge in [0, 0.05) is 13.1 Å². The van der Waals surface area contributed by atoms with Crippen LogP contribution in [0.5, 0.6) is 0 Å². The van der Waals surface area contributed by atoms with Crippen molar-refractivity contribution in [1.29, 1.82) is 0 Å². The summed E-state index contributed by atoms with van der Waals surface area (Å²) in [5.41, 5.74) is 2.30. The molecule has 0 aliphatic carbocycles. The lowest BCUT2D eigenvalue weighted by molar-refractivity contribution is -0.129. The molecule has 0 fully saturated rings. The van der Waals surface area contributed by atoms with Gasteiger partial charge < -0.3 is 9.32 Å². The normalized spacial score (nSPS) is 14.7. The Bertz CT molecular complexity index is 807. The van der Waals surface area contributed by atoms with Crippen molar-refractivity contribution in [1.82, 2.24) is 4.90 Å². The van der Waals surface area contributed by atoms with E-state index >= 15 is 0 Å². The van der Waals surface area contributed by atoms with Crippen molar-refractivity contribution in [2.24, 2.45) is 0 Å². The highest BCUT2D eigenvalue weighted by atomic mass is 32.2. The third-order valence-corrected chi connectivity index (χ3v) is 5.66. The first-order valence-corrected chi connectivity index (χ1v) is 8.74. The van der Waals surface area contributed by atoms with Crippen LogP contribution in [0, 0.1) is 6.92 Å². The van der Waals surface area contributed by atoms with Crippen LogP contribution in [-0.4, -0.2) is 31.5 Å². The molecule has 0 N–H and O–H groups in total. The topological polar surface area (TPSA) is 67.6 Å². The second kappa shape index (κ2) is 5.61. The van der Waals surface area contributed by atoms with Gasteiger partial charge in [-0.25, -0.2) is 8.42 Å². The predicted octanol–water partition coefficient (Wildman–Crippen LogP) is 1.95. The fourth-order valence-corrected chi connectivity index (χ4v) is 4.15. The SMILES string of the molecule is Cc1occc1S(=O)(=O)CC(=O)N1CCc2ccccc2C1. The summed E-state index contributed by atoms with van der Waals surface area (Å²) in [6.07, 6.45) is 2.08. The lowest BCUT2D eigenvalue weighted by Gasteiger charge is -2.28. The minimum atomic E-state index is -3.66. The highest BCUT2D eigenvalue weighted by Crippen LogP contribution is 2.21. The maximum Gasteiger partial charge on any atom is 0.238 e. The summed E-state index contributed by atoms with van der Waals surface area (Å²) in [4.78, 5) is 14.0. The number of aryl methyl sites for hydroxylation is 1. The minimum absolute atomic E-state index is 0.0956. The fraction of sp³-hybridized carbons (Fsp3) is 0.312. The highest BCUT2D eigenvalue weighted by molar-refractivity contribution is 7.92. The first kappa shape index (κ1) is 14.8. The summed E-state index contributed by atoms with van der Waals surface area (Å²) in [7, 11) is -3.66. The van der Waals surface area contributed by atoms with Crippen LogP contribution in [0.2, 0.25) is 0 Å². The number of benzene rings is 1. The molecule has 1 aliphatic rings. The number of hydrogen-bond donors (Lipinski definition) is 0. The van der Waals surface area contributed by atoms with E-state index in [1.165, 1.54) is 17.9 Å². The predicted molar refractivity (Wildman–Crippen MR) is 81.1 cm³/mol. The van der Waals surface area contributed by atoms with Crippen molar-refractivity contribution < 1.29 is 17.6 Å². The number of carbonyl (C=O) groups is 1. The molecule has 2 heterocycles. The molecule has 0 bridgehead atoms. The second-order valence-corrected chi connectivity index (χ2v) is 7.39. The molecule has 1 aromatic carbocycles. The van der Waals surface area contributed by atoms with Crippen LogP contribution in [0.25, 0.3) is 0 Å². The van der Waals surface area contributed by atoms with Gasteiger partial charge in [-0.1, -0.05) is 24.3 Å². The molecule has 0 saturated carbocycles. The number of rotatable bonds is 3. The Morgan fingerprint density at radius 2 is 1.95 bits per heavy atom. The molecule has 116 valence electrons. The van der Waals surface area contributed by atoms with Gasteiger partial charge >= 0.3 is 0 Å². The van der Waals surface area contributed by atoms with Gasteiger partial charge in [-0.3, -0.25) is 4.79 Å². The molecule has 6 heteroatoms. The third kappa shape index (κ3) is 2.78. The summed E-state index contributed by atoms with van der Waals surface area (Å²) in [6, 6.07) is 9.32. The van der Waals surface area contributed by atoms with Crippen molar-refractivity contribution in [3.05, 3.63) is 53.5 Å². The zero-order valence-corrected chi connectivity index (χ0v) is 13.1. The minimum Gasteiger partial charge on any atom is -0.468 e. The van der Waals surface area contributed by atoms with Crippen LogP contribution >= 0.6 is 0 Å². The van der Waals surface area contributed by atoms with Gasteiger partial charge in [0.15, 0.2) is 9.84 Å². The maximum absolute atomic E-state index is 12.3.